The molecule has 0 spiro atoms. The Bertz CT molecular complexity index is 160. The standard InChI is InChI=1S/C8H15NO3/c1-12-8(11)9-7-3-2-6(4-7)5-10/h6-7,10H,2-5H2,1H3,(H,9,11). The average Bonchev–Trinajstić information content (AvgIpc) is 2.52. The van der Waals surface area contributed by atoms with E-state index in [1.54, 1.807) is 0 Å². The van der Waals surface area contributed by atoms with Gasteiger partial charge in [0.1, 0.15) is 0 Å². The van der Waals surface area contributed by atoms with E-state index in [0.29, 0.717) is 5.92 Å². The zero-order chi connectivity index (χ0) is 8.97. The van der Waals surface area contributed by atoms with Crippen LogP contribution in [-0.4, -0.2) is 31.0 Å². The Morgan fingerprint density at radius 3 is 2.92 bits per heavy atom. The van der Waals surface area contributed by atoms with Crippen LogP contribution < -0.4 is 5.32 Å². The molecule has 0 aromatic rings. The van der Waals surface area contributed by atoms with E-state index in [-0.39, 0.29) is 18.7 Å². The minimum absolute atomic E-state index is 0.189. The van der Waals surface area contributed by atoms with Crippen molar-refractivity contribution in [3.05, 3.63) is 0 Å². The van der Waals surface area contributed by atoms with Crippen LogP contribution in [0.5, 0.6) is 0 Å². The van der Waals surface area contributed by atoms with Crippen LogP contribution in [0.15, 0.2) is 0 Å². The van der Waals surface area contributed by atoms with Gasteiger partial charge in [0, 0.05) is 12.6 Å². The van der Waals surface area contributed by atoms with Gasteiger partial charge in [-0.2, -0.15) is 0 Å². The van der Waals surface area contributed by atoms with Gasteiger partial charge >= 0.3 is 6.09 Å². The van der Waals surface area contributed by atoms with E-state index < -0.39 is 0 Å². The van der Waals surface area contributed by atoms with Crippen LogP contribution in [0.1, 0.15) is 19.3 Å². The SMILES string of the molecule is COC(=O)NC1CCC(CO)C1. The summed E-state index contributed by atoms with van der Waals surface area (Å²) in [5.74, 6) is 0.354. The van der Waals surface area contributed by atoms with Crippen molar-refractivity contribution >= 4 is 6.09 Å². The number of carbonyl (C=O) groups excluding carboxylic acids is 1. The first-order chi connectivity index (χ1) is 5.76. The largest absolute Gasteiger partial charge is 0.453 e. The van der Waals surface area contributed by atoms with Gasteiger partial charge in [-0.25, -0.2) is 4.79 Å². The fourth-order valence-electron chi connectivity index (χ4n) is 1.60. The molecule has 0 aromatic carbocycles. The molecule has 0 radical (unpaired) electrons. The zero-order valence-corrected chi connectivity index (χ0v) is 7.25. The molecule has 0 aliphatic heterocycles. The van der Waals surface area contributed by atoms with Gasteiger partial charge in [-0.15, -0.1) is 0 Å². The van der Waals surface area contributed by atoms with Crippen molar-refractivity contribution in [3.8, 4) is 0 Å². The molecule has 2 atom stereocenters. The van der Waals surface area contributed by atoms with E-state index in [4.69, 9.17) is 5.11 Å². The summed E-state index contributed by atoms with van der Waals surface area (Å²) in [5, 5.41) is 11.6. The smallest absolute Gasteiger partial charge is 0.407 e. The van der Waals surface area contributed by atoms with Gasteiger partial charge in [0.2, 0.25) is 0 Å². The molecule has 0 aromatic heterocycles. The van der Waals surface area contributed by atoms with Crippen molar-refractivity contribution in [2.45, 2.75) is 25.3 Å². The Hall–Kier alpha value is -0.770. The lowest BCUT2D eigenvalue weighted by Gasteiger charge is -2.10. The molecule has 0 saturated heterocycles. The summed E-state index contributed by atoms with van der Waals surface area (Å²) in [5.41, 5.74) is 0. The average molecular weight is 173 g/mol. The molecule has 0 bridgehead atoms. The molecule has 4 nitrogen and oxygen atoms in total. The van der Waals surface area contributed by atoms with Crippen LogP contribution in [0.4, 0.5) is 4.79 Å². The Labute approximate surface area is 71.9 Å². The number of amides is 1. The second kappa shape index (κ2) is 4.30. The molecule has 12 heavy (non-hydrogen) atoms. The van der Waals surface area contributed by atoms with Crippen molar-refractivity contribution < 1.29 is 14.6 Å². The summed E-state index contributed by atoms with van der Waals surface area (Å²) < 4.78 is 4.47. The Balaban J connectivity index is 2.23. The van der Waals surface area contributed by atoms with Gasteiger partial charge < -0.3 is 15.2 Å². The Kier molecular flexibility index (Phi) is 3.34. The third-order valence-corrected chi connectivity index (χ3v) is 2.31. The van der Waals surface area contributed by atoms with Gasteiger partial charge in [0.25, 0.3) is 0 Å². The molecule has 1 aliphatic rings. The Morgan fingerprint density at radius 1 is 1.67 bits per heavy atom. The van der Waals surface area contributed by atoms with Crippen LogP contribution in [0.3, 0.4) is 0 Å². The molecular weight excluding hydrogens is 158 g/mol. The first-order valence-electron chi connectivity index (χ1n) is 4.21. The molecule has 2 N–H and O–H groups in total. The van der Waals surface area contributed by atoms with Crippen molar-refractivity contribution in [2.75, 3.05) is 13.7 Å². The highest BCUT2D eigenvalue weighted by molar-refractivity contribution is 5.67. The predicted octanol–water partition coefficient (Wildman–Crippen LogP) is 0.503. The normalized spacial score (nSPS) is 28.5. The highest BCUT2D eigenvalue weighted by Gasteiger charge is 2.25. The first kappa shape index (κ1) is 9.32. The monoisotopic (exact) mass is 173 g/mol. The fourth-order valence-corrected chi connectivity index (χ4v) is 1.60. The van der Waals surface area contributed by atoms with E-state index in [1.807, 2.05) is 0 Å². The number of ether oxygens (including phenoxy) is 1. The summed E-state index contributed by atoms with van der Waals surface area (Å²) in [6.07, 6.45) is 2.43. The van der Waals surface area contributed by atoms with E-state index in [2.05, 4.69) is 10.1 Å². The summed E-state index contributed by atoms with van der Waals surface area (Å²) in [6.45, 7) is 0.222. The van der Waals surface area contributed by atoms with Crippen molar-refractivity contribution in [3.63, 3.8) is 0 Å². The van der Waals surface area contributed by atoms with Crippen LogP contribution >= 0.6 is 0 Å². The molecule has 1 fully saturated rings. The quantitative estimate of drug-likeness (QED) is 0.639. The summed E-state index contributed by atoms with van der Waals surface area (Å²) in [7, 11) is 1.35. The maximum absolute atomic E-state index is 10.8. The summed E-state index contributed by atoms with van der Waals surface area (Å²) in [4.78, 5) is 10.8. The number of nitrogens with one attached hydrogen (secondary N) is 1. The molecule has 0 heterocycles. The van der Waals surface area contributed by atoms with E-state index in [0.717, 1.165) is 19.3 Å². The van der Waals surface area contributed by atoms with Crippen LogP contribution in [0, 0.1) is 5.92 Å². The molecule has 70 valence electrons. The predicted molar refractivity (Wildman–Crippen MR) is 43.8 cm³/mol. The van der Waals surface area contributed by atoms with E-state index >= 15 is 0 Å². The maximum atomic E-state index is 10.8. The minimum atomic E-state index is -0.376. The highest BCUT2D eigenvalue weighted by atomic mass is 16.5. The van der Waals surface area contributed by atoms with Gasteiger partial charge in [0.15, 0.2) is 0 Å². The molecule has 2 unspecified atom stereocenters. The number of carbonyl (C=O) groups is 1. The third kappa shape index (κ3) is 2.37. The lowest BCUT2D eigenvalue weighted by molar-refractivity contribution is 0.165. The Morgan fingerprint density at radius 2 is 2.42 bits per heavy atom. The fraction of sp³-hybridized carbons (Fsp3) is 0.875. The number of methoxy groups -OCH3 is 1. The number of hydrogen-bond acceptors (Lipinski definition) is 3. The van der Waals surface area contributed by atoms with Crippen LogP contribution in [0.25, 0.3) is 0 Å². The number of rotatable bonds is 2. The number of aliphatic hydroxyl groups is 1. The zero-order valence-electron chi connectivity index (χ0n) is 7.25. The second-order valence-corrected chi connectivity index (χ2v) is 3.19. The van der Waals surface area contributed by atoms with Gasteiger partial charge in [-0.1, -0.05) is 0 Å². The molecular formula is C8H15NO3. The minimum Gasteiger partial charge on any atom is -0.453 e. The summed E-state index contributed by atoms with van der Waals surface area (Å²) >= 11 is 0. The molecule has 4 heteroatoms. The molecule has 1 saturated carbocycles. The number of alkyl carbamates (subject to hydrolysis) is 1. The summed E-state index contributed by atoms with van der Waals surface area (Å²) in [6, 6.07) is 0.189. The van der Waals surface area contributed by atoms with E-state index in [9.17, 15) is 4.79 Å². The first-order valence-corrected chi connectivity index (χ1v) is 4.21. The second-order valence-electron chi connectivity index (χ2n) is 3.19. The maximum Gasteiger partial charge on any atom is 0.407 e. The van der Waals surface area contributed by atoms with Crippen molar-refractivity contribution in [2.24, 2.45) is 5.92 Å². The molecule has 1 rings (SSSR count). The van der Waals surface area contributed by atoms with Gasteiger partial charge in [0.05, 0.1) is 7.11 Å². The lowest BCUT2D eigenvalue weighted by Crippen LogP contribution is -2.32. The number of hydrogen-bond donors (Lipinski definition) is 2. The van der Waals surface area contributed by atoms with E-state index in [1.165, 1.54) is 7.11 Å². The topological polar surface area (TPSA) is 58.6 Å². The van der Waals surface area contributed by atoms with Crippen LogP contribution in [0.2, 0.25) is 0 Å². The van der Waals surface area contributed by atoms with Crippen molar-refractivity contribution in [1.29, 1.82) is 0 Å². The lowest BCUT2D eigenvalue weighted by atomic mass is 10.1. The number of aliphatic hydroxyl groups excluding tert-OH is 1. The third-order valence-electron chi connectivity index (χ3n) is 2.31. The van der Waals surface area contributed by atoms with Crippen molar-refractivity contribution in [1.82, 2.24) is 5.32 Å². The van der Waals surface area contributed by atoms with Gasteiger partial charge in [-0.05, 0) is 25.2 Å². The molecule has 1 aliphatic carbocycles. The van der Waals surface area contributed by atoms with Gasteiger partial charge in [-0.3, -0.25) is 0 Å². The highest BCUT2D eigenvalue weighted by Crippen LogP contribution is 2.24. The molecule has 1 amide bonds. The van der Waals surface area contributed by atoms with Crippen LogP contribution in [-0.2, 0) is 4.74 Å².